The lowest BCUT2D eigenvalue weighted by Gasteiger charge is -2.31. The first-order valence-electron chi connectivity index (χ1n) is 9.45. The van der Waals surface area contributed by atoms with Crippen molar-refractivity contribution in [3.8, 4) is 0 Å². The van der Waals surface area contributed by atoms with Gasteiger partial charge >= 0.3 is 0 Å². The summed E-state index contributed by atoms with van der Waals surface area (Å²) in [5.74, 6) is 2.07. The van der Waals surface area contributed by atoms with Gasteiger partial charge in [-0.25, -0.2) is 14.4 Å². The van der Waals surface area contributed by atoms with Crippen molar-refractivity contribution in [2.45, 2.75) is 37.6 Å². The predicted molar refractivity (Wildman–Crippen MR) is 100 cm³/mol. The fraction of sp³-hybridized carbons (Fsp3) is 0.500. The molecule has 2 atom stereocenters. The summed E-state index contributed by atoms with van der Waals surface area (Å²) in [6, 6.07) is 9.41. The number of halogens is 1. The van der Waals surface area contributed by atoms with Gasteiger partial charge in [-0.2, -0.15) is 0 Å². The number of nitrogens with zero attached hydrogens (tertiary/aromatic N) is 3. The fourth-order valence-corrected chi connectivity index (χ4v) is 3.98. The second-order valence-corrected chi connectivity index (χ2v) is 7.12. The van der Waals surface area contributed by atoms with Gasteiger partial charge in [-0.1, -0.05) is 18.6 Å². The van der Waals surface area contributed by atoms with Crippen LogP contribution < -0.4 is 10.2 Å². The SMILES string of the molecule is Fc1cccc([C@H]2CCC[C@@H](Nc3cc(N4CCOCC4)ncn3)C2)c1. The molecule has 2 heterocycles. The molecule has 5 nitrogen and oxygen atoms in total. The summed E-state index contributed by atoms with van der Waals surface area (Å²) in [5.41, 5.74) is 1.10. The molecule has 4 rings (SSSR count). The normalized spacial score (nSPS) is 23.7. The summed E-state index contributed by atoms with van der Waals surface area (Å²) >= 11 is 0. The number of aromatic nitrogens is 2. The molecule has 0 bridgehead atoms. The molecule has 1 aromatic carbocycles. The molecule has 1 aliphatic carbocycles. The Labute approximate surface area is 153 Å². The Balaban J connectivity index is 1.42. The Morgan fingerprint density at radius 1 is 1.12 bits per heavy atom. The third-order valence-electron chi connectivity index (χ3n) is 5.33. The molecule has 1 aromatic heterocycles. The fourth-order valence-electron chi connectivity index (χ4n) is 3.98. The molecular formula is C20H25FN4O. The van der Waals surface area contributed by atoms with Crippen molar-refractivity contribution in [2.75, 3.05) is 36.5 Å². The third-order valence-corrected chi connectivity index (χ3v) is 5.33. The molecule has 2 fully saturated rings. The highest BCUT2D eigenvalue weighted by Crippen LogP contribution is 2.34. The van der Waals surface area contributed by atoms with Gasteiger partial charge in [-0.05, 0) is 42.9 Å². The Bertz CT molecular complexity index is 735. The van der Waals surface area contributed by atoms with Crippen LogP contribution in [0.2, 0.25) is 0 Å². The van der Waals surface area contributed by atoms with E-state index in [4.69, 9.17) is 4.74 Å². The number of rotatable bonds is 4. The zero-order chi connectivity index (χ0) is 17.8. The lowest BCUT2D eigenvalue weighted by molar-refractivity contribution is 0.122. The highest BCUT2D eigenvalue weighted by Gasteiger charge is 2.24. The van der Waals surface area contributed by atoms with Crippen LogP contribution in [0.5, 0.6) is 0 Å². The molecule has 2 aliphatic rings. The minimum Gasteiger partial charge on any atom is -0.378 e. The first-order chi connectivity index (χ1) is 12.8. The molecule has 1 N–H and O–H groups in total. The van der Waals surface area contributed by atoms with E-state index in [0.29, 0.717) is 12.0 Å². The first-order valence-corrected chi connectivity index (χ1v) is 9.45. The predicted octanol–water partition coefficient (Wildman–Crippen LogP) is 3.59. The number of ether oxygens (including phenoxy) is 1. The number of anilines is 2. The van der Waals surface area contributed by atoms with Crippen LogP contribution in [0, 0.1) is 5.82 Å². The van der Waals surface area contributed by atoms with Crippen molar-refractivity contribution >= 4 is 11.6 Å². The summed E-state index contributed by atoms with van der Waals surface area (Å²) in [5, 5.41) is 3.57. The second kappa shape index (κ2) is 7.99. The number of morpholine rings is 1. The molecule has 2 aromatic rings. The molecule has 0 amide bonds. The number of benzene rings is 1. The quantitative estimate of drug-likeness (QED) is 0.907. The molecule has 138 valence electrons. The van der Waals surface area contributed by atoms with E-state index in [-0.39, 0.29) is 5.82 Å². The van der Waals surface area contributed by atoms with Gasteiger partial charge < -0.3 is 15.0 Å². The van der Waals surface area contributed by atoms with Crippen molar-refractivity contribution < 1.29 is 9.13 Å². The average Bonchev–Trinajstić information content (AvgIpc) is 2.69. The summed E-state index contributed by atoms with van der Waals surface area (Å²) in [6.45, 7) is 3.21. The molecule has 26 heavy (non-hydrogen) atoms. The maximum atomic E-state index is 13.5. The first kappa shape index (κ1) is 17.2. The van der Waals surface area contributed by atoms with E-state index in [1.165, 1.54) is 6.07 Å². The van der Waals surface area contributed by atoms with Crippen LogP contribution in [0.15, 0.2) is 36.7 Å². The smallest absolute Gasteiger partial charge is 0.134 e. The van der Waals surface area contributed by atoms with Gasteiger partial charge in [-0.15, -0.1) is 0 Å². The zero-order valence-corrected chi connectivity index (χ0v) is 14.9. The monoisotopic (exact) mass is 356 g/mol. The zero-order valence-electron chi connectivity index (χ0n) is 14.9. The van der Waals surface area contributed by atoms with E-state index in [1.54, 1.807) is 18.5 Å². The molecule has 0 spiro atoms. The molecule has 0 radical (unpaired) electrons. The maximum Gasteiger partial charge on any atom is 0.134 e. The lowest BCUT2D eigenvalue weighted by atomic mass is 9.81. The Morgan fingerprint density at radius 2 is 2.00 bits per heavy atom. The van der Waals surface area contributed by atoms with Crippen LogP contribution in [-0.4, -0.2) is 42.3 Å². The van der Waals surface area contributed by atoms with E-state index < -0.39 is 0 Å². The van der Waals surface area contributed by atoms with Crippen molar-refractivity contribution in [1.29, 1.82) is 0 Å². The second-order valence-electron chi connectivity index (χ2n) is 7.12. The Hall–Kier alpha value is -2.21. The van der Waals surface area contributed by atoms with Crippen LogP contribution in [-0.2, 0) is 4.74 Å². The molecule has 0 unspecified atom stereocenters. The minimum absolute atomic E-state index is 0.150. The highest BCUT2D eigenvalue weighted by atomic mass is 19.1. The average molecular weight is 356 g/mol. The van der Waals surface area contributed by atoms with Crippen LogP contribution in [0.3, 0.4) is 0 Å². The van der Waals surface area contributed by atoms with Crippen molar-refractivity contribution in [3.05, 3.63) is 48.0 Å². The summed E-state index contributed by atoms with van der Waals surface area (Å²) < 4.78 is 18.9. The van der Waals surface area contributed by atoms with Crippen molar-refractivity contribution in [2.24, 2.45) is 0 Å². The van der Waals surface area contributed by atoms with Crippen LogP contribution in [0.25, 0.3) is 0 Å². The van der Waals surface area contributed by atoms with E-state index in [2.05, 4.69) is 20.2 Å². The maximum absolute atomic E-state index is 13.5. The lowest BCUT2D eigenvalue weighted by Crippen LogP contribution is -2.36. The Morgan fingerprint density at radius 3 is 2.85 bits per heavy atom. The van der Waals surface area contributed by atoms with E-state index in [1.807, 2.05) is 12.1 Å². The number of nitrogens with one attached hydrogen (secondary N) is 1. The van der Waals surface area contributed by atoms with E-state index in [9.17, 15) is 4.39 Å². The molecular weight excluding hydrogens is 331 g/mol. The molecule has 1 aliphatic heterocycles. The van der Waals surface area contributed by atoms with Gasteiger partial charge in [0, 0.05) is 25.2 Å². The van der Waals surface area contributed by atoms with E-state index >= 15 is 0 Å². The number of hydrogen-bond donors (Lipinski definition) is 1. The largest absolute Gasteiger partial charge is 0.378 e. The molecule has 6 heteroatoms. The Kier molecular flexibility index (Phi) is 5.29. The van der Waals surface area contributed by atoms with Crippen LogP contribution >= 0.6 is 0 Å². The topological polar surface area (TPSA) is 50.3 Å². The molecule has 1 saturated heterocycles. The standard InChI is InChI=1S/C20H25FN4O/c21-17-5-1-3-15(11-17)16-4-2-6-18(12-16)24-19-13-20(23-14-22-19)25-7-9-26-10-8-25/h1,3,5,11,13-14,16,18H,2,4,6-10,12H2,(H,22,23,24)/t16-,18+/m0/s1. The van der Waals surface area contributed by atoms with Gasteiger partial charge in [0.15, 0.2) is 0 Å². The van der Waals surface area contributed by atoms with Crippen LogP contribution in [0.4, 0.5) is 16.0 Å². The van der Waals surface area contributed by atoms with Gasteiger partial charge in [0.1, 0.15) is 23.8 Å². The highest BCUT2D eigenvalue weighted by molar-refractivity contribution is 5.49. The van der Waals surface area contributed by atoms with Crippen molar-refractivity contribution in [3.63, 3.8) is 0 Å². The molecule has 1 saturated carbocycles. The van der Waals surface area contributed by atoms with Gasteiger partial charge in [0.25, 0.3) is 0 Å². The van der Waals surface area contributed by atoms with Gasteiger partial charge in [0.2, 0.25) is 0 Å². The third kappa shape index (κ3) is 4.12. The summed E-state index contributed by atoms with van der Waals surface area (Å²) in [6.07, 6.45) is 5.99. The van der Waals surface area contributed by atoms with Crippen LogP contribution in [0.1, 0.15) is 37.2 Å². The summed E-state index contributed by atoms with van der Waals surface area (Å²) in [7, 11) is 0. The van der Waals surface area contributed by atoms with Gasteiger partial charge in [-0.3, -0.25) is 0 Å². The minimum atomic E-state index is -0.150. The number of hydrogen-bond acceptors (Lipinski definition) is 5. The summed E-state index contributed by atoms with van der Waals surface area (Å²) in [4.78, 5) is 11.0. The van der Waals surface area contributed by atoms with Gasteiger partial charge in [0.05, 0.1) is 13.2 Å². The van der Waals surface area contributed by atoms with Crippen molar-refractivity contribution in [1.82, 2.24) is 9.97 Å². The van der Waals surface area contributed by atoms with E-state index in [0.717, 1.165) is 69.2 Å².